The molecule has 0 N–H and O–H groups in total. The van der Waals surface area contributed by atoms with E-state index in [4.69, 9.17) is 4.42 Å². The van der Waals surface area contributed by atoms with Crippen molar-refractivity contribution in [1.82, 2.24) is 4.98 Å². The molecule has 1 aliphatic rings. The van der Waals surface area contributed by atoms with Crippen LogP contribution in [0.3, 0.4) is 0 Å². The summed E-state index contributed by atoms with van der Waals surface area (Å²) < 4.78 is 32.4. The van der Waals surface area contributed by atoms with Crippen molar-refractivity contribution in [2.45, 2.75) is 42.5 Å². The van der Waals surface area contributed by atoms with Crippen molar-refractivity contribution < 1.29 is 12.8 Å². The molecule has 0 aliphatic carbocycles. The van der Waals surface area contributed by atoms with E-state index in [-0.39, 0.29) is 9.92 Å². The van der Waals surface area contributed by atoms with Crippen LogP contribution >= 0.6 is 15.9 Å². The molecule has 5 nitrogen and oxygen atoms in total. The van der Waals surface area contributed by atoms with Crippen molar-refractivity contribution in [1.29, 1.82) is 0 Å². The van der Waals surface area contributed by atoms with Gasteiger partial charge < -0.3 is 9.32 Å². The van der Waals surface area contributed by atoms with Gasteiger partial charge >= 0.3 is 0 Å². The molecule has 1 fully saturated rings. The number of rotatable bonds is 3. The minimum Gasteiger partial charge on any atom is -0.424 e. The molecule has 2 heterocycles. The van der Waals surface area contributed by atoms with Crippen molar-refractivity contribution in [3.8, 4) is 0 Å². The summed E-state index contributed by atoms with van der Waals surface area (Å²) in [5.74, 6) is 0.757. The standard InChI is InChI=1S/C16H19BrN2O3S/c1-12-18-15(16(22-12)19-10-4-2-3-5-11-19)23(20,21)14-8-6-13(17)7-9-14/h6-9H,2-5,10-11H2,1H3. The number of hydrogen-bond donors (Lipinski definition) is 0. The van der Waals surface area contributed by atoms with Gasteiger partial charge in [-0.1, -0.05) is 28.8 Å². The Labute approximate surface area is 144 Å². The van der Waals surface area contributed by atoms with Crippen LogP contribution in [0.4, 0.5) is 5.88 Å². The summed E-state index contributed by atoms with van der Waals surface area (Å²) in [4.78, 5) is 6.42. The molecule has 0 amide bonds. The second-order valence-electron chi connectivity index (χ2n) is 5.70. The minimum absolute atomic E-state index is 0.0271. The predicted molar refractivity (Wildman–Crippen MR) is 91.5 cm³/mol. The molecule has 0 unspecified atom stereocenters. The number of nitrogens with zero attached hydrogens (tertiary/aromatic N) is 2. The highest BCUT2D eigenvalue weighted by atomic mass is 79.9. The molecule has 2 aromatic rings. The Morgan fingerprint density at radius 3 is 2.30 bits per heavy atom. The zero-order valence-corrected chi connectivity index (χ0v) is 15.4. The topological polar surface area (TPSA) is 63.4 Å². The largest absolute Gasteiger partial charge is 0.424 e. The van der Waals surface area contributed by atoms with Crippen molar-refractivity contribution >= 4 is 31.7 Å². The van der Waals surface area contributed by atoms with Crippen LogP contribution in [0.5, 0.6) is 0 Å². The van der Waals surface area contributed by atoms with Crippen molar-refractivity contribution in [3.05, 3.63) is 34.6 Å². The number of sulfone groups is 1. The molecule has 1 aromatic carbocycles. The van der Waals surface area contributed by atoms with E-state index in [0.717, 1.165) is 30.4 Å². The number of aromatic nitrogens is 1. The van der Waals surface area contributed by atoms with Crippen LogP contribution in [0.15, 0.2) is 43.1 Å². The monoisotopic (exact) mass is 398 g/mol. The highest BCUT2D eigenvalue weighted by Gasteiger charge is 2.30. The Bertz CT molecular complexity index is 776. The van der Waals surface area contributed by atoms with Gasteiger partial charge in [-0.05, 0) is 37.1 Å². The van der Waals surface area contributed by atoms with Crippen LogP contribution in [-0.2, 0) is 9.84 Å². The van der Waals surface area contributed by atoms with Crippen LogP contribution in [0.25, 0.3) is 0 Å². The number of aryl methyl sites for hydroxylation is 1. The molecular formula is C16H19BrN2O3S. The van der Waals surface area contributed by atoms with Crippen LogP contribution in [-0.4, -0.2) is 26.5 Å². The average molecular weight is 399 g/mol. The lowest BCUT2D eigenvalue weighted by Gasteiger charge is -2.20. The van der Waals surface area contributed by atoms with E-state index in [1.165, 1.54) is 12.8 Å². The SMILES string of the molecule is Cc1nc(S(=O)(=O)c2ccc(Br)cc2)c(N2CCCCCC2)o1. The molecule has 0 radical (unpaired) electrons. The fourth-order valence-electron chi connectivity index (χ4n) is 2.77. The zero-order valence-electron chi connectivity index (χ0n) is 13.0. The van der Waals surface area contributed by atoms with Gasteiger partial charge in [0.25, 0.3) is 0 Å². The lowest BCUT2D eigenvalue weighted by Crippen LogP contribution is -2.25. The third kappa shape index (κ3) is 3.45. The first-order valence-electron chi connectivity index (χ1n) is 7.71. The fraction of sp³-hybridized carbons (Fsp3) is 0.438. The van der Waals surface area contributed by atoms with Crippen molar-refractivity contribution in [2.24, 2.45) is 0 Å². The average Bonchev–Trinajstić information content (AvgIpc) is 2.74. The number of oxazole rings is 1. The molecule has 23 heavy (non-hydrogen) atoms. The lowest BCUT2D eigenvalue weighted by molar-refractivity contribution is 0.504. The molecular weight excluding hydrogens is 380 g/mol. The van der Waals surface area contributed by atoms with Gasteiger partial charge in [0.05, 0.1) is 4.90 Å². The summed E-state index contributed by atoms with van der Waals surface area (Å²) in [6.45, 7) is 3.29. The second-order valence-corrected chi connectivity index (χ2v) is 8.48. The Morgan fingerprint density at radius 1 is 1.09 bits per heavy atom. The summed E-state index contributed by atoms with van der Waals surface area (Å²) in [5, 5.41) is 0.0271. The Balaban J connectivity index is 2.03. The maximum atomic E-state index is 12.9. The van der Waals surface area contributed by atoms with Gasteiger partial charge in [0.15, 0.2) is 5.89 Å². The second kappa shape index (κ2) is 6.65. The van der Waals surface area contributed by atoms with E-state index in [0.29, 0.717) is 11.8 Å². The van der Waals surface area contributed by atoms with E-state index < -0.39 is 9.84 Å². The van der Waals surface area contributed by atoms with Gasteiger partial charge in [0.2, 0.25) is 20.7 Å². The Morgan fingerprint density at radius 2 is 1.70 bits per heavy atom. The molecule has 124 valence electrons. The maximum Gasteiger partial charge on any atom is 0.236 e. The maximum absolute atomic E-state index is 12.9. The number of halogens is 1. The van der Waals surface area contributed by atoms with Gasteiger partial charge in [0.1, 0.15) is 0 Å². The van der Waals surface area contributed by atoms with Crippen LogP contribution in [0.2, 0.25) is 0 Å². The summed E-state index contributed by atoms with van der Waals surface area (Å²) in [6, 6.07) is 6.59. The summed E-state index contributed by atoms with van der Waals surface area (Å²) in [5.41, 5.74) is 0. The van der Waals surface area contributed by atoms with Gasteiger partial charge in [-0.3, -0.25) is 0 Å². The molecule has 0 spiro atoms. The van der Waals surface area contributed by atoms with Crippen molar-refractivity contribution in [2.75, 3.05) is 18.0 Å². The van der Waals surface area contributed by atoms with Crippen molar-refractivity contribution in [3.63, 3.8) is 0 Å². The van der Waals surface area contributed by atoms with Crippen LogP contribution in [0.1, 0.15) is 31.6 Å². The number of anilines is 1. The van der Waals surface area contributed by atoms with Gasteiger partial charge in [-0.15, -0.1) is 0 Å². The molecule has 0 bridgehead atoms. The summed E-state index contributed by atoms with van der Waals surface area (Å²) >= 11 is 3.32. The first kappa shape index (κ1) is 16.5. The summed E-state index contributed by atoms with van der Waals surface area (Å²) in [6.07, 6.45) is 4.41. The molecule has 1 saturated heterocycles. The molecule has 1 aliphatic heterocycles. The van der Waals surface area contributed by atoms with Gasteiger partial charge in [0, 0.05) is 24.5 Å². The first-order valence-corrected chi connectivity index (χ1v) is 9.99. The summed E-state index contributed by atoms with van der Waals surface area (Å²) in [7, 11) is -3.69. The number of hydrogen-bond acceptors (Lipinski definition) is 5. The Kier molecular flexibility index (Phi) is 4.77. The third-order valence-electron chi connectivity index (χ3n) is 3.96. The van der Waals surface area contributed by atoms with E-state index in [1.54, 1.807) is 31.2 Å². The van der Waals surface area contributed by atoms with Crippen LogP contribution in [0, 0.1) is 6.92 Å². The molecule has 1 aromatic heterocycles. The normalized spacial score (nSPS) is 16.3. The fourth-order valence-corrected chi connectivity index (χ4v) is 4.40. The smallest absolute Gasteiger partial charge is 0.236 e. The van der Waals surface area contributed by atoms with Gasteiger partial charge in [-0.25, -0.2) is 8.42 Å². The van der Waals surface area contributed by atoms with E-state index in [9.17, 15) is 8.42 Å². The molecule has 7 heteroatoms. The first-order chi connectivity index (χ1) is 11.0. The van der Waals surface area contributed by atoms with Gasteiger partial charge in [-0.2, -0.15) is 4.98 Å². The van der Waals surface area contributed by atoms with E-state index in [1.807, 2.05) is 4.90 Å². The lowest BCUT2D eigenvalue weighted by atomic mass is 10.2. The highest BCUT2D eigenvalue weighted by molar-refractivity contribution is 9.10. The Hall–Kier alpha value is -1.34. The molecule has 3 rings (SSSR count). The third-order valence-corrected chi connectivity index (χ3v) is 6.15. The van der Waals surface area contributed by atoms with Crippen LogP contribution < -0.4 is 4.90 Å². The molecule has 0 saturated carbocycles. The number of benzene rings is 1. The quantitative estimate of drug-likeness (QED) is 0.782. The van der Waals surface area contributed by atoms with E-state index in [2.05, 4.69) is 20.9 Å². The molecule has 0 atom stereocenters. The predicted octanol–water partition coefficient (Wildman–Crippen LogP) is 3.96. The zero-order chi connectivity index (χ0) is 16.4. The van der Waals surface area contributed by atoms with E-state index >= 15 is 0 Å². The minimum atomic E-state index is -3.69. The highest BCUT2D eigenvalue weighted by Crippen LogP contribution is 2.32.